The molecule has 0 unspecified atom stereocenters. The van der Waals surface area contributed by atoms with Crippen LogP contribution in [-0.4, -0.2) is 38.7 Å². The fraction of sp³-hybridized carbons (Fsp3) is 0.250. The number of hydrogen-bond donors (Lipinski definition) is 1. The molecule has 6 nitrogen and oxygen atoms in total. The van der Waals surface area contributed by atoms with Gasteiger partial charge in [-0.15, -0.1) is 5.10 Å². The van der Waals surface area contributed by atoms with E-state index in [0.29, 0.717) is 24.5 Å². The largest absolute Gasteiger partial charge is 0.343 e. The highest BCUT2D eigenvalue weighted by Crippen LogP contribution is 2.23. The number of hydrogen-bond acceptors (Lipinski definition) is 3. The van der Waals surface area contributed by atoms with Crippen molar-refractivity contribution in [3.05, 3.63) is 74.2 Å². The number of H-pyrrole nitrogens is 1. The lowest BCUT2D eigenvalue weighted by Gasteiger charge is -2.31. The highest BCUT2D eigenvalue weighted by atomic mass is 127. The maximum Gasteiger partial charge on any atom is 0.343 e. The average Bonchev–Trinajstić information content (AvgIpc) is 3.10. The summed E-state index contributed by atoms with van der Waals surface area (Å²) in [4.78, 5) is 29.7. The van der Waals surface area contributed by atoms with Gasteiger partial charge >= 0.3 is 5.69 Å². The minimum atomic E-state index is -0.198. The van der Waals surface area contributed by atoms with Gasteiger partial charge in [-0.05, 0) is 59.7 Å². The first kappa shape index (κ1) is 18.0. The molecule has 2 aromatic carbocycles. The van der Waals surface area contributed by atoms with E-state index in [2.05, 4.69) is 32.7 Å². The van der Waals surface area contributed by atoms with Crippen LogP contribution in [0.3, 0.4) is 0 Å². The molecule has 1 aliphatic rings. The zero-order valence-corrected chi connectivity index (χ0v) is 16.8. The third kappa shape index (κ3) is 3.83. The predicted molar refractivity (Wildman–Crippen MR) is 112 cm³/mol. The Morgan fingerprint density at radius 1 is 1.04 bits per heavy atom. The molecule has 0 bridgehead atoms. The summed E-state index contributed by atoms with van der Waals surface area (Å²) in [7, 11) is 0. The summed E-state index contributed by atoms with van der Waals surface area (Å²) in [5, 5.41) is 4.49. The lowest BCUT2D eigenvalue weighted by atomic mass is 10.0. The lowest BCUT2D eigenvalue weighted by molar-refractivity contribution is 0.0688. The number of rotatable bonds is 3. The summed E-state index contributed by atoms with van der Waals surface area (Å²) in [6.07, 6.45) is 1.43. The Morgan fingerprint density at radius 2 is 1.70 bits per heavy atom. The predicted octanol–water partition coefficient (Wildman–Crippen LogP) is 3.32. The number of amides is 1. The van der Waals surface area contributed by atoms with Gasteiger partial charge in [0.05, 0.1) is 6.04 Å². The quantitative estimate of drug-likeness (QED) is 0.593. The Balaban J connectivity index is 1.45. The summed E-state index contributed by atoms with van der Waals surface area (Å²) in [5.74, 6) is 0.627. The number of aromatic nitrogens is 3. The van der Waals surface area contributed by atoms with Crippen LogP contribution in [0.1, 0.15) is 29.2 Å². The van der Waals surface area contributed by atoms with E-state index in [1.807, 2.05) is 59.5 Å². The molecule has 1 N–H and O–H groups in total. The van der Waals surface area contributed by atoms with Gasteiger partial charge in [-0.2, -0.15) is 0 Å². The van der Waals surface area contributed by atoms with Crippen molar-refractivity contribution in [3.63, 3.8) is 0 Å². The lowest BCUT2D eigenvalue weighted by Crippen LogP contribution is -2.40. The third-order valence-corrected chi connectivity index (χ3v) is 5.60. The van der Waals surface area contributed by atoms with Crippen molar-refractivity contribution in [1.29, 1.82) is 0 Å². The van der Waals surface area contributed by atoms with E-state index in [1.165, 1.54) is 4.68 Å². The van der Waals surface area contributed by atoms with Crippen molar-refractivity contribution in [1.82, 2.24) is 19.7 Å². The van der Waals surface area contributed by atoms with Gasteiger partial charge in [0.25, 0.3) is 5.91 Å². The number of nitrogens with zero attached hydrogens (tertiary/aromatic N) is 3. The fourth-order valence-electron chi connectivity index (χ4n) is 3.40. The molecule has 1 saturated heterocycles. The SMILES string of the molecule is O=C(c1ccc(I)cc1)N1CCC(n2nc(-c3ccccc3)[nH]c2=O)CC1. The number of carbonyl (C=O) groups excluding carboxylic acids is 1. The van der Waals surface area contributed by atoms with E-state index in [-0.39, 0.29) is 17.6 Å². The molecule has 1 aliphatic heterocycles. The molecule has 0 saturated carbocycles. The molecule has 4 rings (SSSR count). The van der Waals surface area contributed by atoms with Crippen molar-refractivity contribution >= 4 is 28.5 Å². The van der Waals surface area contributed by atoms with Gasteiger partial charge in [-0.25, -0.2) is 9.48 Å². The van der Waals surface area contributed by atoms with Crippen LogP contribution >= 0.6 is 22.6 Å². The van der Waals surface area contributed by atoms with Crippen LogP contribution in [0.25, 0.3) is 11.4 Å². The molecular weight excluding hydrogens is 455 g/mol. The summed E-state index contributed by atoms with van der Waals surface area (Å²) < 4.78 is 2.64. The van der Waals surface area contributed by atoms with Crippen LogP contribution in [0, 0.1) is 3.57 Å². The van der Waals surface area contributed by atoms with Gasteiger partial charge in [-0.3, -0.25) is 9.78 Å². The van der Waals surface area contributed by atoms with E-state index in [4.69, 9.17) is 0 Å². The maximum absolute atomic E-state index is 12.6. The van der Waals surface area contributed by atoms with Gasteiger partial charge in [-0.1, -0.05) is 30.3 Å². The second kappa shape index (κ2) is 7.67. The summed E-state index contributed by atoms with van der Waals surface area (Å²) >= 11 is 2.23. The van der Waals surface area contributed by atoms with Gasteiger partial charge in [0.15, 0.2) is 5.82 Å². The van der Waals surface area contributed by atoms with Crippen molar-refractivity contribution in [3.8, 4) is 11.4 Å². The Morgan fingerprint density at radius 3 is 2.37 bits per heavy atom. The van der Waals surface area contributed by atoms with Crippen molar-refractivity contribution < 1.29 is 4.79 Å². The first-order valence-electron chi connectivity index (χ1n) is 8.91. The molecule has 27 heavy (non-hydrogen) atoms. The van der Waals surface area contributed by atoms with Crippen LogP contribution in [0.5, 0.6) is 0 Å². The highest BCUT2D eigenvalue weighted by Gasteiger charge is 2.26. The van der Waals surface area contributed by atoms with Crippen LogP contribution in [0.2, 0.25) is 0 Å². The Kier molecular flexibility index (Phi) is 5.11. The van der Waals surface area contributed by atoms with E-state index in [1.54, 1.807) is 0 Å². The molecule has 3 aromatic rings. The van der Waals surface area contributed by atoms with E-state index >= 15 is 0 Å². The fourth-order valence-corrected chi connectivity index (χ4v) is 3.76. The molecule has 0 radical (unpaired) electrons. The van der Waals surface area contributed by atoms with Crippen molar-refractivity contribution in [2.75, 3.05) is 13.1 Å². The number of nitrogens with one attached hydrogen (secondary N) is 1. The number of benzene rings is 2. The van der Waals surface area contributed by atoms with Crippen LogP contribution in [0.4, 0.5) is 0 Å². The molecule has 0 spiro atoms. The van der Waals surface area contributed by atoms with E-state index in [9.17, 15) is 9.59 Å². The minimum Gasteiger partial charge on any atom is -0.338 e. The van der Waals surface area contributed by atoms with E-state index in [0.717, 1.165) is 22.0 Å². The molecule has 1 aromatic heterocycles. The molecule has 7 heteroatoms. The first-order valence-corrected chi connectivity index (χ1v) is 9.99. The smallest absolute Gasteiger partial charge is 0.338 e. The van der Waals surface area contributed by atoms with Crippen LogP contribution in [0.15, 0.2) is 59.4 Å². The summed E-state index contributed by atoms with van der Waals surface area (Å²) in [6, 6.07) is 17.2. The van der Waals surface area contributed by atoms with Gasteiger partial charge in [0, 0.05) is 27.8 Å². The normalized spacial score (nSPS) is 15.1. The Labute approximate surface area is 170 Å². The molecule has 0 aliphatic carbocycles. The summed E-state index contributed by atoms with van der Waals surface area (Å²) in [6.45, 7) is 1.24. The molecule has 0 atom stereocenters. The van der Waals surface area contributed by atoms with E-state index < -0.39 is 0 Å². The molecule has 1 amide bonds. The maximum atomic E-state index is 12.6. The highest BCUT2D eigenvalue weighted by molar-refractivity contribution is 14.1. The second-order valence-corrected chi connectivity index (χ2v) is 7.87. The minimum absolute atomic E-state index is 0.00647. The van der Waals surface area contributed by atoms with Crippen LogP contribution < -0.4 is 5.69 Å². The zero-order chi connectivity index (χ0) is 18.8. The first-order chi connectivity index (χ1) is 13.1. The Hall–Kier alpha value is -2.42. The molecular formula is C20H19IN4O2. The third-order valence-electron chi connectivity index (χ3n) is 4.88. The summed E-state index contributed by atoms with van der Waals surface area (Å²) in [5.41, 5.74) is 1.40. The van der Waals surface area contributed by atoms with Crippen molar-refractivity contribution in [2.24, 2.45) is 0 Å². The standard InChI is InChI=1S/C20H19IN4O2/c21-16-8-6-15(7-9-16)19(26)24-12-10-17(11-13-24)25-20(27)22-18(23-25)14-4-2-1-3-5-14/h1-9,17H,10-13H2,(H,22,23,27). The van der Waals surface area contributed by atoms with Gasteiger partial charge < -0.3 is 4.90 Å². The number of halogens is 1. The molecule has 2 heterocycles. The monoisotopic (exact) mass is 474 g/mol. The topological polar surface area (TPSA) is 71.0 Å². The second-order valence-electron chi connectivity index (χ2n) is 6.62. The molecule has 1 fully saturated rings. The van der Waals surface area contributed by atoms with Gasteiger partial charge in [0.2, 0.25) is 0 Å². The number of piperidine rings is 1. The number of aromatic amines is 1. The average molecular weight is 474 g/mol. The number of carbonyl (C=O) groups is 1. The number of likely N-dealkylation sites (tertiary alicyclic amines) is 1. The van der Waals surface area contributed by atoms with Gasteiger partial charge in [0.1, 0.15) is 0 Å². The Bertz CT molecular complexity index is 987. The zero-order valence-electron chi connectivity index (χ0n) is 14.6. The van der Waals surface area contributed by atoms with Crippen molar-refractivity contribution in [2.45, 2.75) is 18.9 Å². The molecule has 138 valence electrons. The van der Waals surface area contributed by atoms with Crippen LogP contribution in [-0.2, 0) is 0 Å².